The first-order valence-electron chi connectivity index (χ1n) is 10.4. The van der Waals surface area contributed by atoms with Gasteiger partial charge in [-0.1, -0.05) is 12.1 Å². The monoisotopic (exact) mass is 397 g/mol. The van der Waals surface area contributed by atoms with E-state index >= 15 is 0 Å². The Morgan fingerprint density at radius 3 is 2.93 bits per heavy atom. The lowest BCUT2D eigenvalue weighted by atomic mass is 9.70. The fraction of sp³-hybridized carbons (Fsp3) is 0.545. The predicted octanol–water partition coefficient (Wildman–Crippen LogP) is 2.81. The van der Waals surface area contributed by atoms with Crippen LogP contribution in [-0.2, 0) is 16.1 Å². The lowest BCUT2D eigenvalue weighted by molar-refractivity contribution is -0.157. The largest absolute Gasteiger partial charge is 0.493 e. The number of hydrogen-bond donors (Lipinski definition) is 0. The van der Waals surface area contributed by atoms with Crippen LogP contribution >= 0.6 is 0 Å². The van der Waals surface area contributed by atoms with Crippen LogP contribution in [-0.4, -0.2) is 53.0 Å². The second-order valence-electron chi connectivity index (χ2n) is 8.17. The average Bonchev–Trinajstić information content (AvgIpc) is 3.27. The van der Waals surface area contributed by atoms with E-state index in [0.717, 1.165) is 49.4 Å². The molecule has 0 aliphatic carbocycles. The molecule has 2 aromatic rings. The van der Waals surface area contributed by atoms with Crippen LogP contribution < -0.4 is 9.47 Å². The number of hydrogen-bond acceptors (Lipinski definition) is 5. The Hall–Kier alpha value is -2.54. The number of nitrogens with zero attached hydrogens (tertiary/aromatic N) is 3. The van der Waals surface area contributed by atoms with Gasteiger partial charge in [-0.05, 0) is 25.0 Å². The Morgan fingerprint density at radius 1 is 1.31 bits per heavy atom. The zero-order valence-electron chi connectivity index (χ0n) is 16.8. The van der Waals surface area contributed by atoms with Crippen molar-refractivity contribution in [2.24, 2.45) is 5.92 Å². The summed E-state index contributed by atoms with van der Waals surface area (Å²) in [6.07, 6.45) is 7.30. The highest BCUT2D eigenvalue weighted by Gasteiger charge is 2.53. The first-order chi connectivity index (χ1) is 14.2. The summed E-state index contributed by atoms with van der Waals surface area (Å²) in [6, 6.07) is 7.88. The molecule has 0 saturated carbocycles. The van der Waals surface area contributed by atoms with Gasteiger partial charge in [-0.2, -0.15) is 5.10 Å². The van der Waals surface area contributed by atoms with Crippen LogP contribution in [0.5, 0.6) is 11.5 Å². The molecule has 3 aliphatic rings. The van der Waals surface area contributed by atoms with E-state index in [0.29, 0.717) is 19.0 Å². The molecule has 1 aromatic carbocycles. The SMILES string of the molecule is COc1cccc2c1OC1(CCN(C(=O)Cn3cccn3)CC1)[C@H]1CCCO[C@H]21. The molecule has 0 bridgehead atoms. The van der Waals surface area contributed by atoms with Crippen molar-refractivity contribution in [1.82, 2.24) is 14.7 Å². The van der Waals surface area contributed by atoms with Gasteiger partial charge in [0.2, 0.25) is 5.91 Å². The van der Waals surface area contributed by atoms with E-state index in [1.807, 2.05) is 29.3 Å². The molecule has 29 heavy (non-hydrogen) atoms. The molecule has 2 atom stereocenters. The van der Waals surface area contributed by atoms with Gasteiger partial charge in [0.25, 0.3) is 0 Å². The number of likely N-dealkylation sites (tertiary alicyclic amines) is 1. The Labute approximate surface area is 170 Å². The smallest absolute Gasteiger partial charge is 0.244 e. The molecule has 1 amide bonds. The van der Waals surface area contributed by atoms with Crippen molar-refractivity contribution in [2.75, 3.05) is 26.8 Å². The molecule has 3 aliphatic heterocycles. The predicted molar refractivity (Wildman–Crippen MR) is 106 cm³/mol. The second kappa shape index (κ2) is 7.37. The highest BCUT2D eigenvalue weighted by Crippen LogP contribution is 2.55. The Morgan fingerprint density at radius 2 is 2.17 bits per heavy atom. The number of rotatable bonds is 3. The molecule has 2 saturated heterocycles. The first kappa shape index (κ1) is 18.5. The molecule has 5 rings (SSSR count). The Balaban J connectivity index is 1.38. The number of fused-ring (bicyclic) bond motifs is 4. The van der Waals surface area contributed by atoms with Crippen LogP contribution in [0.4, 0.5) is 0 Å². The maximum Gasteiger partial charge on any atom is 0.244 e. The molecular formula is C22H27N3O4. The lowest BCUT2D eigenvalue weighted by Crippen LogP contribution is -2.58. The summed E-state index contributed by atoms with van der Waals surface area (Å²) in [5.41, 5.74) is 0.784. The summed E-state index contributed by atoms with van der Waals surface area (Å²) in [7, 11) is 1.68. The van der Waals surface area contributed by atoms with Crippen molar-refractivity contribution in [2.45, 2.75) is 43.9 Å². The third-order valence-corrected chi connectivity index (χ3v) is 6.66. The molecule has 7 nitrogen and oxygen atoms in total. The summed E-state index contributed by atoms with van der Waals surface area (Å²) in [6.45, 7) is 2.44. The van der Waals surface area contributed by atoms with Crippen LogP contribution in [0.15, 0.2) is 36.7 Å². The minimum absolute atomic E-state index is 0.0360. The van der Waals surface area contributed by atoms with E-state index in [1.54, 1.807) is 18.0 Å². The van der Waals surface area contributed by atoms with Crippen LogP contribution in [0.1, 0.15) is 37.4 Å². The van der Waals surface area contributed by atoms with E-state index in [1.165, 1.54) is 0 Å². The molecule has 0 N–H and O–H groups in total. The van der Waals surface area contributed by atoms with Crippen LogP contribution in [0.25, 0.3) is 0 Å². The van der Waals surface area contributed by atoms with E-state index in [4.69, 9.17) is 14.2 Å². The molecular weight excluding hydrogens is 370 g/mol. The number of carbonyl (C=O) groups is 1. The fourth-order valence-electron chi connectivity index (χ4n) is 5.17. The third-order valence-electron chi connectivity index (χ3n) is 6.66. The molecule has 1 aromatic heterocycles. The van der Waals surface area contributed by atoms with Gasteiger partial charge in [-0.3, -0.25) is 9.48 Å². The minimum Gasteiger partial charge on any atom is -0.493 e. The Bertz CT molecular complexity index is 874. The summed E-state index contributed by atoms with van der Waals surface area (Å²) < 4.78 is 20.2. The van der Waals surface area contributed by atoms with Gasteiger partial charge in [-0.15, -0.1) is 0 Å². The van der Waals surface area contributed by atoms with Gasteiger partial charge in [0, 0.05) is 56.4 Å². The Kier molecular flexibility index (Phi) is 4.70. The summed E-state index contributed by atoms with van der Waals surface area (Å²) in [5.74, 6) is 1.98. The summed E-state index contributed by atoms with van der Waals surface area (Å²) in [5, 5.41) is 4.15. The maximum atomic E-state index is 12.7. The van der Waals surface area contributed by atoms with Crippen molar-refractivity contribution in [1.29, 1.82) is 0 Å². The number of carbonyl (C=O) groups excluding carboxylic acids is 1. The number of amides is 1. The van der Waals surface area contributed by atoms with Crippen molar-refractivity contribution < 1.29 is 19.0 Å². The summed E-state index contributed by atoms with van der Waals surface area (Å²) in [4.78, 5) is 14.6. The molecule has 0 unspecified atom stereocenters. The van der Waals surface area contributed by atoms with Gasteiger partial charge >= 0.3 is 0 Å². The standard InChI is InChI=1S/C22H27N3O4/c1-27-18-7-2-5-16-20-17(6-3-14-28-20)22(29-21(16)18)8-12-24(13-9-22)19(26)15-25-11-4-10-23-25/h2,4-5,7,10-11,17,20H,3,6,8-9,12-15H2,1H3/t17-,20+/m0/s1. The molecule has 0 radical (unpaired) electrons. The van der Waals surface area contributed by atoms with Gasteiger partial charge in [0.1, 0.15) is 12.1 Å². The van der Waals surface area contributed by atoms with Crippen LogP contribution in [0.2, 0.25) is 0 Å². The fourth-order valence-corrected chi connectivity index (χ4v) is 5.17. The van der Waals surface area contributed by atoms with Gasteiger partial charge < -0.3 is 19.1 Å². The average molecular weight is 397 g/mol. The number of aromatic nitrogens is 2. The number of para-hydroxylation sites is 1. The highest BCUT2D eigenvalue weighted by atomic mass is 16.5. The van der Waals surface area contributed by atoms with Gasteiger partial charge in [0.15, 0.2) is 11.5 Å². The van der Waals surface area contributed by atoms with Gasteiger partial charge in [0.05, 0.1) is 13.2 Å². The topological polar surface area (TPSA) is 65.8 Å². The molecule has 4 heterocycles. The summed E-state index contributed by atoms with van der Waals surface area (Å²) >= 11 is 0. The lowest BCUT2D eigenvalue weighted by Gasteiger charge is -2.53. The normalized spacial score (nSPS) is 25.1. The first-order valence-corrected chi connectivity index (χ1v) is 10.4. The van der Waals surface area contributed by atoms with Crippen LogP contribution in [0, 0.1) is 5.92 Å². The third kappa shape index (κ3) is 3.17. The minimum atomic E-state index is -0.310. The van der Waals surface area contributed by atoms with E-state index in [9.17, 15) is 4.79 Å². The molecule has 1 spiro atoms. The van der Waals surface area contributed by atoms with Crippen molar-refractivity contribution in [3.63, 3.8) is 0 Å². The highest BCUT2D eigenvalue weighted by molar-refractivity contribution is 5.76. The number of methoxy groups -OCH3 is 1. The van der Waals surface area contributed by atoms with Crippen molar-refractivity contribution in [3.05, 3.63) is 42.2 Å². The van der Waals surface area contributed by atoms with E-state index in [-0.39, 0.29) is 24.2 Å². The molecule has 7 heteroatoms. The maximum absolute atomic E-state index is 12.7. The quantitative estimate of drug-likeness (QED) is 0.797. The zero-order chi connectivity index (χ0) is 19.8. The zero-order valence-corrected chi connectivity index (χ0v) is 16.8. The van der Waals surface area contributed by atoms with E-state index in [2.05, 4.69) is 11.2 Å². The van der Waals surface area contributed by atoms with Gasteiger partial charge in [-0.25, -0.2) is 0 Å². The number of ether oxygens (including phenoxy) is 3. The van der Waals surface area contributed by atoms with Crippen LogP contribution in [0.3, 0.4) is 0 Å². The number of benzene rings is 1. The van der Waals surface area contributed by atoms with Crippen molar-refractivity contribution >= 4 is 5.91 Å². The van der Waals surface area contributed by atoms with Crippen molar-refractivity contribution in [3.8, 4) is 11.5 Å². The molecule has 154 valence electrons. The molecule has 2 fully saturated rings. The second-order valence-corrected chi connectivity index (χ2v) is 8.17. The van der Waals surface area contributed by atoms with E-state index < -0.39 is 0 Å². The number of piperidine rings is 1.